The maximum Gasteiger partial charge on any atom is 0.140 e. The molecule has 2 aromatic rings. The van der Waals surface area contributed by atoms with Gasteiger partial charge in [0, 0.05) is 17.1 Å². The van der Waals surface area contributed by atoms with Gasteiger partial charge in [-0.1, -0.05) is 0 Å². The highest BCUT2D eigenvalue weighted by atomic mass is 32.1. The normalized spacial score (nSPS) is 13.0. The number of nitrogens with one attached hydrogen (secondary N) is 1. The molecule has 1 atom stereocenters. The fourth-order valence-electron chi connectivity index (χ4n) is 1.49. The first-order chi connectivity index (χ1) is 7.16. The Bertz CT molecular complexity index is 429. The smallest absolute Gasteiger partial charge is 0.140 e. The molecule has 0 amide bonds. The number of hydrogen-bond acceptors (Lipinski definition) is 3. The maximum absolute atomic E-state index is 5.79. The van der Waals surface area contributed by atoms with Crippen molar-refractivity contribution in [2.24, 2.45) is 5.73 Å². The Morgan fingerprint density at radius 3 is 3.00 bits per heavy atom. The molecule has 2 aromatic heterocycles. The minimum absolute atomic E-state index is 0.195. The predicted molar refractivity (Wildman–Crippen MR) is 64.0 cm³/mol. The maximum atomic E-state index is 5.79. The minimum Gasteiger partial charge on any atom is -0.359 e. The van der Waals surface area contributed by atoms with Crippen LogP contribution in [0.1, 0.15) is 17.5 Å². The quantitative estimate of drug-likeness (QED) is 0.835. The summed E-state index contributed by atoms with van der Waals surface area (Å²) in [6.07, 6.45) is 2.82. The zero-order chi connectivity index (χ0) is 10.8. The molecule has 0 saturated heterocycles. The summed E-state index contributed by atoms with van der Waals surface area (Å²) < 4.78 is 0. The first kappa shape index (κ1) is 10.4. The predicted octanol–water partition coefficient (Wildman–Crippen LogP) is 2.34. The minimum atomic E-state index is 0.195. The molecule has 0 bridgehead atoms. The van der Waals surface area contributed by atoms with Crippen LogP contribution >= 0.6 is 11.3 Å². The number of hydrogen-bond donors (Lipinski definition) is 2. The molecule has 3 N–H and O–H groups in total. The summed E-state index contributed by atoms with van der Waals surface area (Å²) in [6, 6.07) is 4.21. The van der Waals surface area contributed by atoms with Gasteiger partial charge in [-0.05, 0) is 32.4 Å². The fourth-order valence-corrected chi connectivity index (χ4v) is 2.68. The van der Waals surface area contributed by atoms with Gasteiger partial charge in [0.2, 0.25) is 0 Å². The molecule has 0 fully saturated rings. The van der Waals surface area contributed by atoms with E-state index in [0.29, 0.717) is 0 Å². The molecule has 0 aliphatic rings. The number of aryl methyl sites for hydroxylation is 1. The third kappa shape index (κ3) is 2.27. The van der Waals surface area contributed by atoms with Crippen LogP contribution in [-0.2, 0) is 6.42 Å². The number of nitrogens with zero attached hydrogens (tertiary/aromatic N) is 1. The van der Waals surface area contributed by atoms with Crippen LogP contribution in [0.15, 0.2) is 18.3 Å². The average Bonchev–Trinajstić information content (AvgIpc) is 2.75. The molecular weight excluding hydrogens is 206 g/mol. The Kier molecular flexibility index (Phi) is 2.88. The summed E-state index contributed by atoms with van der Waals surface area (Å²) >= 11 is 1.72. The van der Waals surface area contributed by atoms with Gasteiger partial charge in [0.15, 0.2) is 0 Å². The van der Waals surface area contributed by atoms with Gasteiger partial charge in [-0.15, -0.1) is 11.3 Å². The number of rotatable bonds is 3. The van der Waals surface area contributed by atoms with Gasteiger partial charge in [0.05, 0.1) is 11.4 Å². The van der Waals surface area contributed by atoms with Crippen LogP contribution in [0.25, 0.3) is 10.7 Å². The standard InChI is InChI=1S/C11H15N3S/c1-7(12)6-10-8(2)14-11(15-10)9-4-3-5-13-9/h3-5,7,13H,6,12H2,1-2H3. The summed E-state index contributed by atoms with van der Waals surface area (Å²) in [5.74, 6) is 0. The van der Waals surface area contributed by atoms with Crippen molar-refractivity contribution in [3.05, 3.63) is 28.9 Å². The molecule has 0 aliphatic heterocycles. The summed E-state index contributed by atoms with van der Waals surface area (Å²) in [5, 5.41) is 1.05. The van der Waals surface area contributed by atoms with Gasteiger partial charge in [-0.2, -0.15) is 0 Å². The molecular formula is C11H15N3S. The van der Waals surface area contributed by atoms with Gasteiger partial charge in [-0.25, -0.2) is 4.98 Å². The van der Waals surface area contributed by atoms with Crippen LogP contribution in [0.2, 0.25) is 0 Å². The third-order valence-electron chi connectivity index (χ3n) is 2.23. The zero-order valence-corrected chi connectivity index (χ0v) is 9.77. The van der Waals surface area contributed by atoms with E-state index in [4.69, 9.17) is 5.73 Å². The largest absolute Gasteiger partial charge is 0.359 e. The van der Waals surface area contributed by atoms with Crippen molar-refractivity contribution in [1.29, 1.82) is 0 Å². The Hall–Kier alpha value is -1.13. The molecule has 1 unspecified atom stereocenters. The number of aromatic nitrogens is 2. The molecule has 0 saturated carbocycles. The molecule has 80 valence electrons. The van der Waals surface area contributed by atoms with Gasteiger partial charge in [-0.3, -0.25) is 0 Å². The van der Waals surface area contributed by atoms with E-state index in [9.17, 15) is 0 Å². The molecule has 2 heterocycles. The molecule has 2 rings (SSSR count). The molecule has 0 radical (unpaired) electrons. The Morgan fingerprint density at radius 2 is 2.40 bits per heavy atom. The van der Waals surface area contributed by atoms with Crippen molar-refractivity contribution in [2.45, 2.75) is 26.3 Å². The highest BCUT2D eigenvalue weighted by molar-refractivity contribution is 7.15. The highest BCUT2D eigenvalue weighted by Gasteiger charge is 2.10. The second kappa shape index (κ2) is 4.16. The lowest BCUT2D eigenvalue weighted by molar-refractivity contribution is 0.742. The van der Waals surface area contributed by atoms with E-state index >= 15 is 0 Å². The van der Waals surface area contributed by atoms with E-state index in [1.165, 1.54) is 4.88 Å². The van der Waals surface area contributed by atoms with Crippen LogP contribution in [0.4, 0.5) is 0 Å². The number of aromatic amines is 1. The monoisotopic (exact) mass is 221 g/mol. The number of nitrogens with two attached hydrogens (primary N) is 1. The van der Waals surface area contributed by atoms with Crippen LogP contribution < -0.4 is 5.73 Å². The summed E-state index contributed by atoms with van der Waals surface area (Å²) in [7, 11) is 0. The van der Waals surface area contributed by atoms with Crippen molar-refractivity contribution < 1.29 is 0 Å². The van der Waals surface area contributed by atoms with Crippen molar-refractivity contribution in [3.8, 4) is 10.7 Å². The van der Waals surface area contributed by atoms with E-state index in [0.717, 1.165) is 22.8 Å². The Morgan fingerprint density at radius 1 is 1.60 bits per heavy atom. The number of H-pyrrole nitrogens is 1. The average molecular weight is 221 g/mol. The van der Waals surface area contributed by atoms with E-state index < -0.39 is 0 Å². The van der Waals surface area contributed by atoms with Crippen molar-refractivity contribution in [1.82, 2.24) is 9.97 Å². The van der Waals surface area contributed by atoms with Crippen LogP contribution in [0.5, 0.6) is 0 Å². The third-order valence-corrected chi connectivity index (χ3v) is 3.44. The van der Waals surface area contributed by atoms with E-state index in [1.807, 2.05) is 32.2 Å². The van der Waals surface area contributed by atoms with Crippen molar-refractivity contribution in [2.75, 3.05) is 0 Å². The second-order valence-electron chi connectivity index (χ2n) is 3.79. The molecule has 0 aliphatic carbocycles. The summed E-state index contributed by atoms with van der Waals surface area (Å²) in [6.45, 7) is 4.06. The van der Waals surface area contributed by atoms with Gasteiger partial charge < -0.3 is 10.7 Å². The fraction of sp³-hybridized carbons (Fsp3) is 0.364. The van der Waals surface area contributed by atoms with E-state index in [2.05, 4.69) is 9.97 Å². The Balaban J connectivity index is 2.29. The first-order valence-electron chi connectivity index (χ1n) is 5.02. The van der Waals surface area contributed by atoms with Crippen LogP contribution in [0.3, 0.4) is 0 Å². The van der Waals surface area contributed by atoms with Gasteiger partial charge in [0.1, 0.15) is 5.01 Å². The molecule has 15 heavy (non-hydrogen) atoms. The van der Waals surface area contributed by atoms with E-state index in [-0.39, 0.29) is 6.04 Å². The van der Waals surface area contributed by atoms with Crippen molar-refractivity contribution in [3.63, 3.8) is 0 Å². The lowest BCUT2D eigenvalue weighted by Gasteiger charge is -2.01. The zero-order valence-electron chi connectivity index (χ0n) is 8.95. The SMILES string of the molecule is Cc1nc(-c2ccc[nH]2)sc1CC(C)N. The lowest BCUT2D eigenvalue weighted by atomic mass is 10.2. The first-order valence-corrected chi connectivity index (χ1v) is 5.84. The Labute approximate surface area is 93.4 Å². The number of thiazole rings is 1. The molecule has 0 aromatic carbocycles. The summed E-state index contributed by atoms with van der Waals surface area (Å²) in [5.41, 5.74) is 7.97. The van der Waals surface area contributed by atoms with Crippen molar-refractivity contribution >= 4 is 11.3 Å². The lowest BCUT2D eigenvalue weighted by Crippen LogP contribution is -2.17. The second-order valence-corrected chi connectivity index (χ2v) is 4.88. The van der Waals surface area contributed by atoms with Gasteiger partial charge >= 0.3 is 0 Å². The summed E-state index contributed by atoms with van der Waals surface area (Å²) in [4.78, 5) is 8.99. The van der Waals surface area contributed by atoms with Crippen LogP contribution in [0, 0.1) is 6.92 Å². The topological polar surface area (TPSA) is 54.7 Å². The van der Waals surface area contributed by atoms with E-state index in [1.54, 1.807) is 11.3 Å². The van der Waals surface area contributed by atoms with Crippen LogP contribution in [-0.4, -0.2) is 16.0 Å². The molecule has 3 nitrogen and oxygen atoms in total. The molecule has 4 heteroatoms. The molecule has 0 spiro atoms. The van der Waals surface area contributed by atoms with Gasteiger partial charge in [0.25, 0.3) is 0 Å². The highest BCUT2D eigenvalue weighted by Crippen LogP contribution is 2.27.